The van der Waals surface area contributed by atoms with Crippen molar-refractivity contribution in [3.8, 4) is 5.75 Å². The van der Waals surface area contributed by atoms with Gasteiger partial charge in [0.1, 0.15) is 5.75 Å². The van der Waals surface area contributed by atoms with E-state index in [0.29, 0.717) is 24.1 Å². The van der Waals surface area contributed by atoms with Crippen LogP contribution in [0.1, 0.15) is 37.3 Å². The van der Waals surface area contributed by atoms with E-state index in [0.717, 1.165) is 16.5 Å². The van der Waals surface area contributed by atoms with Crippen molar-refractivity contribution in [1.29, 1.82) is 0 Å². The third-order valence-corrected chi connectivity index (χ3v) is 4.00. The summed E-state index contributed by atoms with van der Waals surface area (Å²) in [6.07, 6.45) is 0.957. The van der Waals surface area contributed by atoms with Gasteiger partial charge in [-0.15, -0.1) is 0 Å². The predicted molar refractivity (Wildman–Crippen MR) is 71.8 cm³/mol. The van der Waals surface area contributed by atoms with Crippen LogP contribution in [0.25, 0.3) is 0 Å². The number of phenolic OH excluding ortho intramolecular Hbond substituents is 1. The van der Waals surface area contributed by atoms with E-state index in [1.165, 1.54) is 5.56 Å². The number of aryl methyl sites for hydroxylation is 1. The zero-order chi connectivity index (χ0) is 12.3. The molecule has 0 aliphatic heterocycles. The Labute approximate surface area is 106 Å². The van der Waals surface area contributed by atoms with Gasteiger partial charge in [-0.25, -0.2) is 0 Å². The highest BCUT2D eigenvalue weighted by Crippen LogP contribution is 2.35. The number of phenols is 1. The van der Waals surface area contributed by atoms with Gasteiger partial charge >= 0.3 is 0 Å². The second-order valence-corrected chi connectivity index (χ2v) is 5.39. The predicted octanol–water partition coefficient (Wildman–Crippen LogP) is 3.55. The standard InChI is InChI=1S/C13H20BrNO/c1-8(2)11(4-5-15)10-6-9(3)13(14)12(16)7-10/h6-8,11,16H,4-5,15H2,1-3H3. The van der Waals surface area contributed by atoms with Crippen LogP contribution in [0.4, 0.5) is 0 Å². The SMILES string of the molecule is Cc1cc(C(CCN)C(C)C)cc(O)c1Br. The van der Waals surface area contributed by atoms with Gasteiger partial charge in [0.05, 0.1) is 4.47 Å². The molecule has 0 amide bonds. The van der Waals surface area contributed by atoms with Gasteiger partial charge in [-0.1, -0.05) is 19.9 Å². The molecule has 1 aromatic rings. The summed E-state index contributed by atoms with van der Waals surface area (Å²) in [4.78, 5) is 0. The minimum absolute atomic E-state index is 0.317. The summed E-state index contributed by atoms with van der Waals surface area (Å²) < 4.78 is 0.784. The Morgan fingerprint density at radius 1 is 1.38 bits per heavy atom. The summed E-state index contributed by atoms with van der Waals surface area (Å²) in [6.45, 7) is 7.05. The Bertz CT molecular complexity index is 340. The molecule has 0 spiro atoms. The topological polar surface area (TPSA) is 46.2 Å². The number of benzene rings is 1. The zero-order valence-corrected chi connectivity index (χ0v) is 11.7. The normalized spacial score (nSPS) is 13.1. The fraction of sp³-hybridized carbons (Fsp3) is 0.538. The Morgan fingerprint density at radius 3 is 2.44 bits per heavy atom. The number of hydrogen-bond acceptors (Lipinski definition) is 2. The number of aromatic hydroxyl groups is 1. The molecule has 0 aliphatic rings. The van der Waals surface area contributed by atoms with Crippen molar-refractivity contribution in [2.24, 2.45) is 11.7 Å². The van der Waals surface area contributed by atoms with Crippen LogP contribution >= 0.6 is 15.9 Å². The van der Waals surface area contributed by atoms with Crippen LogP contribution in [-0.2, 0) is 0 Å². The molecule has 0 heterocycles. The van der Waals surface area contributed by atoms with Crippen LogP contribution in [0.3, 0.4) is 0 Å². The average molecular weight is 286 g/mol. The van der Waals surface area contributed by atoms with Crippen molar-refractivity contribution in [3.05, 3.63) is 27.7 Å². The van der Waals surface area contributed by atoms with E-state index in [-0.39, 0.29) is 0 Å². The number of hydrogen-bond donors (Lipinski definition) is 2. The van der Waals surface area contributed by atoms with E-state index in [1.54, 1.807) is 0 Å². The van der Waals surface area contributed by atoms with Gasteiger partial charge in [0.2, 0.25) is 0 Å². The van der Waals surface area contributed by atoms with E-state index in [1.807, 2.05) is 13.0 Å². The highest BCUT2D eigenvalue weighted by atomic mass is 79.9. The zero-order valence-electron chi connectivity index (χ0n) is 10.1. The Hall–Kier alpha value is -0.540. The van der Waals surface area contributed by atoms with E-state index in [9.17, 15) is 5.11 Å². The smallest absolute Gasteiger partial charge is 0.130 e. The van der Waals surface area contributed by atoms with Crippen LogP contribution in [0.15, 0.2) is 16.6 Å². The van der Waals surface area contributed by atoms with E-state index < -0.39 is 0 Å². The highest BCUT2D eigenvalue weighted by Gasteiger charge is 2.17. The Kier molecular flexibility index (Phi) is 4.81. The lowest BCUT2D eigenvalue weighted by Crippen LogP contribution is -2.12. The fourth-order valence-corrected chi connectivity index (χ4v) is 2.29. The Morgan fingerprint density at radius 2 is 2.00 bits per heavy atom. The second kappa shape index (κ2) is 5.69. The molecule has 1 atom stereocenters. The molecule has 0 fully saturated rings. The molecule has 0 aromatic heterocycles. The number of rotatable bonds is 4. The van der Waals surface area contributed by atoms with Crippen LogP contribution in [0.2, 0.25) is 0 Å². The summed E-state index contributed by atoms with van der Waals surface area (Å²) >= 11 is 3.36. The molecule has 2 nitrogen and oxygen atoms in total. The largest absolute Gasteiger partial charge is 0.507 e. The fourth-order valence-electron chi connectivity index (χ4n) is 2.06. The average Bonchev–Trinajstić information content (AvgIpc) is 2.21. The lowest BCUT2D eigenvalue weighted by molar-refractivity contribution is 0.455. The quantitative estimate of drug-likeness (QED) is 0.889. The molecule has 1 unspecified atom stereocenters. The van der Waals surface area contributed by atoms with E-state index >= 15 is 0 Å². The summed E-state index contributed by atoms with van der Waals surface area (Å²) in [5.74, 6) is 1.27. The molecule has 3 N–H and O–H groups in total. The maximum absolute atomic E-state index is 9.80. The molecule has 0 saturated heterocycles. The summed E-state index contributed by atoms with van der Waals surface area (Å²) in [6, 6.07) is 3.97. The first-order valence-corrected chi connectivity index (χ1v) is 6.45. The molecule has 0 aliphatic carbocycles. The van der Waals surface area contributed by atoms with Crippen molar-refractivity contribution >= 4 is 15.9 Å². The monoisotopic (exact) mass is 285 g/mol. The maximum Gasteiger partial charge on any atom is 0.130 e. The molecular formula is C13H20BrNO. The second-order valence-electron chi connectivity index (χ2n) is 4.60. The molecule has 1 aromatic carbocycles. The van der Waals surface area contributed by atoms with Crippen LogP contribution in [-0.4, -0.2) is 11.7 Å². The third-order valence-electron chi connectivity index (χ3n) is 2.97. The maximum atomic E-state index is 9.80. The van der Waals surface area contributed by atoms with Crippen LogP contribution in [0.5, 0.6) is 5.75 Å². The van der Waals surface area contributed by atoms with Gasteiger partial charge in [-0.2, -0.15) is 0 Å². The molecule has 1 rings (SSSR count). The summed E-state index contributed by atoms with van der Waals surface area (Å²) in [5.41, 5.74) is 7.89. The molecule has 0 saturated carbocycles. The molecule has 90 valence electrons. The van der Waals surface area contributed by atoms with E-state index in [2.05, 4.69) is 35.8 Å². The van der Waals surface area contributed by atoms with Gasteiger partial charge in [0, 0.05) is 0 Å². The molecular weight excluding hydrogens is 266 g/mol. The number of halogens is 1. The van der Waals surface area contributed by atoms with Gasteiger partial charge in [0.25, 0.3) is 0 Å². The summed E-state index contributed by atoms with van der Waals surface area (Å²) in [7, 11) is 0. The van der Waals surface area contributed by atoms with Crippen molar-refractivity contribution in [2.75, 3.05) is 6.54 Å². The van der Waals surface area contributed by atoms with Crippen molar-refractivity contribution in [1.82, 2.24) is 0 Å². The molecule has 3 heteroatoms. The first-order valence-electron chi connectivity index (χ1n) is 5.66. The van der Waals surface area contributed by atoms with E-state index in [4.69, 9.17) is 5.73 Å². The van der Waals surface area contributed by atoms with Crippen molar-refractivity contribution in [2.45, 2.75) is 33.1 Å². The van der Waals surface area contributed by atoms with Crippen molar-refractivity contribution in [3.63, 3.8) is 0 Å². The van der Waals surface area contributed by atoms with Gasteiger partial charge in [0.15, 0.2) is 0 Å². The lowest BCUT2D eigenvalue weighted by Gasteiger charge is -2.21. The lowest BCUT2D eigenvalue weighted by atomic mass is 9.85. The summed E-state index contributed by atoms with van der Waals surface area (Å²) in [5, 5.41) is 9.80. The molecule has 0 radical (unpaired) electrons. The minimum atomic E-state index is 0.317. The third kappa shape index (κ3) is 2.98. The molecule has 16 heavy (non-hydrogen) atoms. The molecule has 0 bridgehead atoms. The first kappa shape index (κ1) is 13.5. The van der Waals surface area contributed by atoms with Crippen molar-refractivity contribution < 1.29 is 5.11 Å². The van der Waals surface area contributed by atoms with Gasteiger partial charge in [-0.3, -0.25) is 0 Å². The number of nitrogens with two attached hydrogens (primary N) is 1. The van der Waals surface area contributed by atoms with Crippen LogP contribution < -0.4 is 5.73 Å². The highest BCUT2D eigenvalue weighted by molar-refractivity contribution is 9.10. The Balaban J connectivity index is 3.10. The van der Waals surface area contributed by atoms with Crippen LogP contribution in [0, 0.1) is 12.8 Å². The van der Waals surface area contributed by atoms with Gasteiger partial charge < -0.3 is 10.8 Å². The minimum Gasteiger partial charge on any atom is -0.507 e. The first-order chi connectivity index (χ1) is 7.47. The van der Waals surface area contributed by atoms with Gasteiger partial charge in [-0.05, 0) is 64.8 Å².